The molecule has 154 valence electrons. The molecule has 3 rings (SSSR count). The molecular formula is C24H24ClFO3Zn. The molecule has 0 unspecified atom stereocenters. The van der Waals surface area contributed by atoms with Crippen molar-refractivity contribution in [2.45, 2.75) is 6.42 Å². The number of rotatable bonds is 8. The zero-order valence-electron chi connectivity index (χ0n) is 17.2. The maximum atomic E-state index is 15.2. The van der Waals surface area contributed by atoms with E-state index >= 15 is 4.39 Å². The van der Waals surface area contributed by atoms with Gasteiger partial charge in [-0.15, -0.1) is 0 Å². The van der Waals surface area contributed by atoms with E-state index in [0.717, 1.165) is 17.7 Å². The van der Waals surface area contributed by atoms with Gasteiger partial charge in [0.15, 0.2) is 0 Å². The third-order valence-electron chi connectivity index (χ3n) is 4.37. The minimum atomic E-state index is -0.572. The van der Waals surface area contributed by atoms with Gasteiger partial charge in [0.25, 0.3) is 0 Å². The fraction of sp³-hybridized carbons (Fsp3) is 0.167. The van der Waals surface area contributed by atoms with Gasteiger partial charge in [0.1, 0.15) is 18.2 Å². The topological polar surface area (TPSA) is 38.7 Å². The molecule has 0 saturated heterocycles. The molecule has 0 aromatic heterocycles. The summed E-state index contributed by atoms with van der Waals surface area (Å²) in [6.07, 6.45) is 0.689. The number of aliphatic hydroxyl groups is 1. The van der Waals surface area contributed by atoms with Gasteiger partial charge in [0.2, 0.25) is 0 Å². The third-order valence-corrected chi connectivity index (χ3v) is 4.70. The van der Waals surface area contributed by atoms with E-state index in [0.29, 0.717) is 29.2 Å². The summed E-state index contributed by atoms with van der Waals surface area (Å²) < 4.78 is 25.6. The van der Waals surface area contributed by atoms with Gasteiger partial charge in [-0.25, -0.2) is 4.39 Å². The van der Waals surface area contributed by atoms with Crippen molar-refractivity contribution in [1.29, 1.82) is 0 Å². The summed E-state index contributed by atoms with van der Waals surface area (Å²) in [5, 5.41) is 10.0. The van der Waals surface area contributed by atoms with E-state index in [1.54, 1.807) is 19.2 Å². The van der Waals surface area contributed by atoms with Crippen molar-refractivity contribution >= 4 is 11.6 Å². The maximum absolute atomic E-state index is 15.2. The Hall–Kier alpha value is -1.91. The molecule has 30 heavy (non-hydrogen) atoms. The van der Waals surface area contributed by atoms with Gasteiger partial charge < -0.3 is 22.0 Å². The van der Waals surface area contributed by atoms with E-state index in [1.807, 2.05) is 42.5 Å². The van der Waals surface area contributed by atoms with Crippen molar-refractivity contribution in [2.75, 3.05) is 20.3 Å². The monoisotopic (exact) mass is 478 g/mol. The molecule has 6 heteroatoms. The maximum Gasteiger partial charge on any atom is 2.00 e. The van der Waals surface area contributed by atoms with Crippen LogP contribution in [0.1, 0.15) is 16.7 Å². The average molecular weight is 480 g/mol. The second-order valence-electron chi connectivity index (χ2n) is 6.29. The number of hydrogen-bond acceptors (Lipinski definition) is 3. The van der Waals surface area contributed by atoms with Crippen molar-refractivity contribution in [3.05, 3.63) is 102 Å². The smallest absolute Gasteiger partial charge is 0.490 e. The summed E-state index contributed by atoms with van der Waals surface area (Å²) in [6, 6.07) is 18.6. The van der Waals surface area contributed by atoms with E-state index in [1.165, 1.54) is 6.07 Å². The zero-order valence-corrected chi connectivity index (χ0v) is 20.9. The number of hydrogen-bond donors (Lipinski definition) is 1. The van der Waals surface area contributed by atoms with Crippen molar-refractivity contribution in [3.63, 3.8) is 0 Å². The fourth-order valence-electron chi connectivity index (χ4n) is 3.01. The van der Waals surface area contributed by atoms with E-state index in [2.05, 4.69) is 0 Å². The largest absolute Gasteiger partial charge is 2.00 e. The summed E-state index contributed by atoms with van der Waals surface area (Å²) in [5.41, 5.74) is 3.17. The Balaban J connectivity index is 0.00000225. The summed E-state index contributed by atoms with van der Waals surface area (Å²) in [6.45, 7) is 1.43. The quantitative estimate of drug-likeness (QED) is 0.241. The van der Waals surface area contributed by atoms with Crippen LogP contribution in [-0.2, 0) is 30.6 Å². The van der Waals surface area contributed by atoms with Crippen LogP contribution in [0.2, 0.25) is 5.02 Å². The molecule has 0 atom stereocenters. The van der Waals surface area contributed by atoms with Crippen LogP contribution in [0.15, 0.2) is 60.7 Å². The Morgan fingerprint density at radius 3 is 2.40 bits per heavy atom. The minimum absolute atomic E-state index is 0. The van der Waals surface area contributed by atoms with Crippen LogP contribution in [0.3, 0.4) is 0 Å². The van der Waals surface area contributed by atoms with E-state index < -0.39 is 5.82 Å². The first-order valence-electron chi connectivity index (χ1n) is 8.88. The molecule has 0 radical (unpaired) electrons. The number of benzene rings is 3. The predicted molar refractivity (Wildman–Crippen MR) is 115 cm³/mol. The molecule has 0 aliphatic carbocycles. The number of halogens is 2. The second-order valence-corrected chi connectivity index (χ2v) is 6.70. The Morgan fingerprint density at radius 2 is 1.73 bits per heavy atom. The normalized spacial score (nSPS) is 10.0. The molecule has 0 heterocycles. The molecule has 1 N–H and O–H groups in total. The molecule has 3 aromatic rings. The van der Waals surface area contributed by atoms with E-state index in [9.17, 15) is 5.11 Å². The van der Waals surface area contributed by atoms with Crippen LogP contribution in [0.4, 0.5) is 4.39 Å². The molecule has 0 aliphatic rings. The van der Waals surface area contributed by atoms with Gasteiger partial charge in [-0.05, 0) is 23.6 Å². The summed E-state index contributed by atoms with van der Waals surface area (Å²) in [5.74, 6) is -0.486. The number of methoxy groups -OCH3 is 1. The van der Waals surface area contributed by atoms with Crippen LogP contribution >= 0.6 is 11.6 Å². The SMILES string of the molecule is COCCOc1ccc([CH-]O)c(-c2cc(Cc3ccccc3)ccc2Cl)c1F.[CH3-].[Zn+2]. The first-order valence-corrected chi connectivity index (χ1v) is 9.26. The molecule has 0 bridgehead atoms. The fourth-order valence-corrected chi connectivity index (χ4v) is 3.22. The standard InChI is InChI=1S/C23H21ClFO3.CH3.Zn/c1-27-11-12-28-21-10-8-18(15-26)22(23(21)25)19-14-17(7-9-20(19)24)13-16-5-3-2-4-6-16;;/h2-10,14-15,26H,11-13H2,1H3;1H3;/q2*-1;+2. The molecule has 0 fully saturated rings. The third kappa shape index (κ3) is 6.29. The van der Waals surface area contributed by atoms with Crippen molar-refractivity contribution < 1.29 is 38.4 Å². The Kier molecular flexibility index (Phi) is 11.1. The van der Waals surface area contributed by atoms with Crippen LogP contribution in [0.5, 0.6) is 5.75 Å². The Bertz CT molecular complexity index is 935. The van der Waals surface area contributed by atoms with E-state index in [-0.39, 0.29) is 44.8 Å². The minimum Gasteiger partial charge on any atom is -0.490 e. The summed E-state index contributed by atoms with van der Waals surface area (Å²) in [7, 11) is 1.55. The number of ether oxygens (including phenoxy) is 2. The first kappa shape index (κ1) is 26.1. The average Bonchev–Trinajstić information content (AvgIpc) is 2.71. The molecule has 3 aromatic carbocycles. The predicted octanol–water partition coefficient (Wildman–Crippen LogP) is 6.09. The van der Waals surface area contributed by atoms with Crippen LogP contribution in [-0.4, -0.2) is 25.4 Å². The van der Waals surface area contributed by atoms with Crippen molar-refractivity contribution in [3.8, 4) is 16.9 Å². The molecule has 3 nitrogen and oxygen atoms in total. The van der Waals surface area contributed by atoms with Crippen molar-refractivity contribution in [2.24, 2.45) is 0 Å². The molecule has 0 amide bonds. The molecular weight excluding hydrogens is 456 g/mol. The van der Waals surface area contributed by atoms with Crippen LogP contribution in [0.25, 0.3) is 11.1 Å². The Labute approximate surface area is 195 Å². The van der Waals surface area contributed by atoms with Gasteiger partial charge in [-0.3, -0.25) is 0 Å². The van der Waals surface area contributed by atoms with Crippen LogP contribution < -0.4 is 4.74 Å². The second kappa shape index (κ2) is 12.7. The summed E-state index contributed by atoms with van der Waals surface area (Å²) >= 11 is 6.39. The molecule has 0 spiro atoms. The number of aliphatic hydroxyl groups excluding tert-OH is 1. The first-order chi connectivity index (χ1) is 13.6. The van der Waals surface area contributed by atoms with Gasteiger partial charge >= 0.3 is 19.5 Å². The van der Waals surface area contributed by atoms with Gasteiger partial charge in [-0.1, -0.05) is 77.9 Å². The van der Waals surface area contributed by atoms with Gasteiger partial charge in [0, 0.05) is 12.1 Å². The molecule has 0 saturated carbocycles. The summed E-state index contributed by atoms with van der Waals surface area (Å²) in [4.78, 5) is 0. The zero-order chi connectivity index (χ0) is 19.9. The van der Waals surface area contributed by atoms with Gasteiger partial charge in [0.05, 0.1) is 6.61 Å². The van der Waals surface area contributed by atoms with E-state index in [4.69, 9.17) is 21.1 Å². The Morgan fingerprint density at radius 1 is 1.00 bits per heavy atom. The van der Waals surface area contributed by atoms with Crippen LogP contribution in [0, 0.1) is 19.9 Å². The van der Waals surface area contributed by atoms with Gasteiger partial charge in [-0.2, -0.15) is 11.6 Å². The van der Waals surface area contributed by atoms with Crippen molar-refractivity contribution in [1.82, 2.24) is 0 Å². The molecule has 0 aliphatic heterocycles.